The number of nitrogens with one attached hydrogen (secondary N) is 1. The average Bonchev–Trinajstić information content (AvgIpc) is 2.19. The van der Waals surface area contributed by atoms with Crippen molar-refractivity contribution in [2.75, 3.05) is 20.3 Å². The van der Waals surface area contributed by atoms with Crippen LogP contribution in [0.25, 0.3) is 0 Å². The topological polar surface area (TPSA) is 38.3 Å². The molecule has 3 nitrogen and oxygen atoms in total. The van der Waals surface area contributed by atoms with Crippen LogP contribution in [0.1, 0.15) is 10.4 Å². The van der Waals surface area contributed by atoms with Crippen molar-refractivity contribution in [3.05, 3.63) is 35.9 Å². The lowest BCUT2D eigenvalue weighted by Gasteiger charge is -2.03. The molecule has 1 aromatic rings. The molecule has 0 fully saturated rings. The first-order valence-corrected chi connectivity index (χ1v) is 4.08. The maximum absolute atomic E-state index is 11.3. The highest BCUT2D eigenvalue weighted by molar-refractivity contribution is 5.94. The van der Waals surface area contributed by atoms with Crippen LogP contribution in [-0.2, 0) is 4.74 Å². The van der Waals surface area contributed by atoms with Gasteiger partial charge in [-0.25, -0.2) is 0 Å². The number of benzene rings is 1. The van der Waals surface area contributed by atoms with Gasteiger partial charge in [0, 0.05) is 19.2 Å². The Morgan fingerprint density at radius 3 is 2.85 bits per heavy atom. The van der Waals surface area contributed by atoms with Crippen LogP contribution in [-0.4, -0.2) is 26.2 Å². The summed E-state index contributed by atoms with van der Waals surface area (Å²) in [5, 5.41) is 2.72. The molecule has 3 heteroatoms. The van der Waals surface area contributed by atoms with Gasteiger partial charge in [-0.05, 0) is 18.2 Å². The summed E-state index contributed by atoms with van der Waals surface area (Å²) in [5.41, 5.74) is 0.648. The molecule has 0 unspecified atom stereocenters. The van der Waals surface area contributed by atoms with Gasteiger partial charge in [-0.2, -0.15) is 0 Å². The fourth-order valence-electron chi connectivity index (χ4n) is 0.907. The van der Waals surface area contributed by atoms with Crippen LogP contribution in [0.5, 0.6) is 0 Å². The summed E-state index contributed by atoms with van der Waals surface area (Å²) >= 11 is 0. The molecule has 13 heavy (non-hydrogen) atoms. The van der Waals surface area contributed by atoms with Crippen LogP contribution >= 0.6 is 0 Å². The number of ether oxygens (including phenoxy) is 1. The minimum absolute atomic E-state index is 0.0777. The molecule has 1 N–H and O–H groups in total. The lowest BCUT2D eigenvalue weighted by Crippen LogP contribution is -2.26. The number of amides is 1. The van der Waals surface area contributed by atoms with Gasteiger partial charge in [-0.3, -0.25) is 4.79 Å². The molecule has 0 heterocycles. The molecule has 1 amide bonds. The Morgan fingerprint density at radius 2 is 2.23 bits per heavy atom. The van der Waals surface area contributed by atoms with E-state index in [1.807, 2.05) is 0 Å². The van der Waals surface area contributed by atoms with Gasteiger partial charge in [-0.15, -0.1) is 0 Å². The lowest BCUT2D eigenvalue weighted by molar-refractivity contribution is 0.0937. The van der Waals surface area contributed by atoms with Crippen LogP contribution in [0.3, 0.4) is 0 Å². The Labute approximate surface area is 77.7 Å². The van der Waals surface area contributed by atoms with Gasteiger partial charge in [0.15, 0.2) is 0 Å². The second-order valence-corrected chi connectivity index (χ2v) is 2.54. The fourth-order valence-corrected chi connectivity index (χ4v) is 0.907. The first-order valence-electron chi connectivity index (χ1n) is 4.08. The smallest absolute Gasteiger partial charge is 0.251 e. The molecule has 0 saturated carbocycles. The van der Waals surface area contributed by atoms with Crippen LogP contribution in [0, 0.1) is 6.07 Å². The van der Waals surface area contributed by atoms with E-state index < -0.39 is 0 Å². The highest BCUT2D eigenvalue weighted by Crippen LogP contribution is 1.96. The number of methoxy groups -OCH3 is 1. The Balaban J connectivity index is 2.40. The van der Waals surface area contributed by atoms with Gasteiger partial charge >= 0.3 is 0 Å². The summed E-state index contributed by atoms with van der Waals surface area (Å²) < 4.78 is 4.81. The monoisotopic (exact) mass is 178 g/mol. The van der Waals surface area contributed by atoms with Crippen molar-refractivity contribution in [1.82, 2.24) is 5.32 Å². The van der Waals surface area contributed by atoms with E-state index in [2.05, 4.69) is 11.4 Å². The normalized spacial score (nSPS) is 9.62. The molecule has 0 spiro atoms. The van der Waals surface area contributed by atoms with Crippen molar-refractivity contribution in [3.63, 3.8) is 0 Å². The maximum Gasteiger partial charge on any atom is 0.251 e. The van der Waals surface area contributed by atoms with E-state index in [-0.39, 0.29) is 5.91 Å². The molecule has 1 aromatic carbocycles. The number of carbonyl (C=O) groups excluding carboxylic acids is 1. The quantitative estimate of drug-likeness (QED) is 0.694. The van der Waals surface area contributed by atoms with Crippen molar-refractivity contribution in [1.29, 1.82) is 0 Å². The highest BCUT2D eigenvalue weighted by Gasteiger charge is 2.01. The number of carbonyl (C=O) groups is 1. The molecule has 0 bridgehead atoms. The van der Waals surface area contributed by atoms with E-state index in [0.29, 0.717) is 18.7 Å². The van der Waals surface area contributed by atoms with E-state index in [0.717, 1.165) is 0 Å². The Bertz CT molecular complexity index is 259. The molecule has 0 aliphatic carbocycles. The predicted molar refractivity (Wildman–Crippen MR) is 49.5 cm³/mol. The minimum Gasteiger partial charge on any atom is -0.383 e. The molecule has 69 valence electrons. The van der Waals surface area contributed by atoms with Crippen molar-refractivity contribution in [2.24, 2.45) is 0 Å². The molecule has 0 aromatic heterocycles. The minimum atomic E-state index is -0.0777. The average molecular weight is 178 g/mol. The summed E-state index contributed by atoms with van der Waals surface area (Å²) in [6, 6.07) is 9.73. The zero-order valence-corrected chi connectivity index (χ0v) is 7.54. The van der Waals surface area contributed by atoms with Crippen LogP contribution in [0.15, 0.2) is 24.3 Å². The van der Waals surface area contributed by atoms with Gasteiger partial charge in [0.25, 0.3) is 5.91 Å². The third kappa shape index (κ3) is 3.25. The fraction of sp³-hybridized carbons (Fsp3) is 0.300. The molecule has 1 rings (SSSR count). The van der Waals surface area contributed by atoms with E-state index >= 15 is 0 Å². The van der Waals surface area contributed by atoms with Crippen molar-refractivity contribution < 1.29 is 9.53 Å². The zero-order chi connectivity index (χ0) is 9.52. The first-order chi connectivity index (χ1) is 6.34. The van der Waals surface area contributed by atoms with E-state index in [4.69, 9.17) is 4.74 Å². The van der Waals surface area contributed by atoms with Crippen molar-refractivity contribution in [2.45, 2.75) is 0 Å². The Hall–Kier alpha value is -1.35. The van der Waals surface area contributed by atoms with E-state index in [1.165, 1.54) is 0 Å². The molecule has 1 radical (unpaired) electrons. The molecular weight excluding hydrogens is 166 g/mol. The van der Waals surface area contributed by atoms with Crippen LogP contribution < -0.4 is 5.32 Å². The molecule has 0 saturated heterocycles. The Kier molecular flexibility index (Phi) is 3.99. The summed E-state index contributed by atoms with van der Waals surface area (Å²) in [4.78, 5) is 11.3. The molecule has 0 atom stereocenters. The largest absolute Gasteiger partial charge is 0.383 e. The second-order valence-electron chi connectivity index (χ2n) is 2.54. The number of hydrogen-bond acceptors (Lipinski definition) is 2. The zero-order valence-electron chi connectivity index (χ0n) is 7.54. The van der Waals surface area contributed by atoms with Gasteiger partial charge in [0.2, 0.25) is 0 Å². The number of rotatable bonds is 4. The first kappa shape index (κ1) is 9.74. The highest BCUT2D eigenvalue weighted by atomic mass is 16.5. The van der Waals surface area contributed by atoms with E-state index in [9.17, 15) is 4.79 Å². The van der Waals surface area contributed by atoms with Crippen LogP contribution in [0.2, 0.25) is 0 Å². The third-order valence-corrected chi connectivity index (χ3v) is 1.57. The summed E-state index contributed by atoms with van der Waals surface area (Å²) in [5.74, 6) is -0.0777. The van der Waals surface area contributed by atoms with Gasteiger partial charge < -0.3 is 10.1 Å². The summed E-state index contributed by atoms with van der Waals surface area (Å²) in [6.45, 7) is 1.07. The summed E-state index contributed by atoms with van der Waals surface area (Å²) in [7, 11) is 1.60. The molecular formula is C10H12NO2. The molecule has 0 aliphatic rings. The third-order valence-electron chi connectivity index (χ3n) is 1.57. The van der Waals surface area contributed by atoms with Gasteiger partial charge in [-0.1, -0.05) is 12.1 Å². The number of hydrogen-bond donors (Lipinski definition) is 1. The second kappa shape index (κ2) is 5.32. The lowest BCUT2D eigenvalue weighted by atomic mass is 10.2. The van der Waals surface area contributed by atoms with Gasteiger partial charge in [0.1, 0.15) is 0 Å². The molecule has 0 aliphatic heterocycles. The predicted octanol–water partition coefficient (Wildman–Crippen LogP) is 0.863. The SMILES string of the molecule is COCCNC(=O)c1cc[c]cc1. The standard InChI is InChI=1S/C10H12NO2/c1-13-8-7-11-10(12)9-5-3-2-4-6-9/h3-6H,7-8H2,1H3,(H,11,12). The van der Waals surface area contributed by atoms with Crippen LogP contribution in [0.4, 0.5) is 0 Å². The summed E-state index contributed by atoms with van der Waals surface area (Å²) in [6.07, 6.45) is 0. The van der Waals surface area contributed by atoms with Gasteiger partial charge in [0.05, 0.1) is 6.61 Å². The van der Waals surface area contributed by atoms with Crippen molar-refractivity contribution in [3.8, 4) is 0 Å². The van der Waals surface area contributed by atoms with E-state index in [1.54, 1.807) is 31.4 Å². The maximum atomic E-state index is 11.3. The van der Waals surface area contributed by atoms with Crippen molar-refractivity contribution >= 4 is 5.91 Å². The Morgan fingerprint density at radius 1 is 1.54 bits per heavy atom.